The van der Waals surface area contributed by atoms with Crippen LogP contribution in [-0.4, -0.2) is 45.6 Å². The molecule has 0 atom stereocenters. The van der Waals surface area contributed by atoms with E-state index < -0.39 is 0 Å². The van der Waals surface area contributed by atoms with E-state index in [9.17, 15) is 0 Å². The van der Waals surface area contributed by atoms with E-state index >= 15 is 0 Å². The van der Waals surface area contributed by atoms with Crippen molar-refractivity contribution in [3.63, 3.8) is 0 Å². The number of benzene rings is 4. The Morgan fingerprint density at radius 1 is 0.373 bits per heavy atom. The number of rotatable bonds is 18. The van der Waals surface area contributed by atoms with E-state index in [0.29, 0.717) is 34.6 Å². The molecule has 2 aliphatic rings. The van der Waals surface area contributed by atoms with Gasteiger partial charge in [0.1, 0.15) is 22.6 Å². The van der Waals surface area contributed by atoms with Gasteiger partial charge in [-0.15, -0.1) is 11.8 Å². The van der Waals surface area contributed by atoms with Crippen molar-refractivity contribution < 1.29 is 0 Å². The molecule has 0 amide bonds. The van der Waals surface area contributed by atoms with E-state index in [1.807, 2.05) is 48.2 Å². The molecule has 59 heavy (non-hydrogen) atoms. The first-order valence-corrected chi connectivity index (χ1v) is 23.1. The number of fused-ring (bicyclic) bond motifs is 20. The maximum absolute atomic E-state index is 5.29. The Hall–Kier alpha value is -5.41. The Morgan fingerprint density at radius 3 is 1.22 bits per heavy atom. The minimum atomic E-state index is 0.611. The summed E-state index contributed by atoms with van der Waals surface area (Å²) in [6.45, 7) is 2.29. The number of nitrogens with zero attached hydrogens (tertiary/aromatic N) is 6. The highest BCUT2D eigenvalue weighted by Gasteiger charge is 2.22. The van der Waals surface area contributed by atoms with Gasteiger partial charge in [0.05, 0.1) is 0 Å². The average Bonchev–Trinajstić information content (AvgIpc) is 4.01. The second-order valence-corrected chi connectivity index (χ2v) is 17.2. The molecule has 8 bridgehead atoms. The Balaban J connectivity index is 0.982. The molecule has 9 heteroatoms. The highest BCUT2D eigenvalue weighted by Crippen LogP contribution is 2.38. The van der Waals surface area contributed by atoms with Gasteiger partial charge in [-0.3, -0.25) is 0 Å². The molecule has 0 saturated heterocycles. The predicted octanol–water partition coefficient (Wildman–Crippen LogP) is 14.2. The topological polar surface area (TPSA) is 109 Å². The average molecular weight is 799 g/mol. The molecule has 0 fully saturated rings. The van der Waals surface area contributed by atoms with Crippen LogP contribution in [0.4, 0.5) is 0 Å². The summed E-state index contributed by atoms with van der Waals surface area (Å²) in [4.78, 5) is 39.2. The second kappa shape index (κ2) is 18.7. The summed E-state index contributed by atoms with van der Waals surface area (Å²) in [5.41, 5.74) is 6.63. The van der Waals surface area contributed by atoms with Crippen LogP contribution in [0.25, 0.3) is 89.7 Å². The van der Waals surface area contributed by atoms with Crippen LogP contribution in [-0.2, 0) is 0 Å². The molecular weight excluding hydrogens is 745 g/mol. The number of hydrogen-bond donors (Lipinski definition) is 2. The Bertz CT molecular complexity index is 2730. The minimum absolute atomic E-state index is 0.611. The van der Waals surface area contributed by atoms with Crippen LogP contribution < -0.4 is 0 Å². The molecule has 4 aromatic carbocycles. The third-order valence-corrected chi connectivity index (χ3v) is 12.9. The van der Waals surface area contributed by atoms with Gasteiger partial charge in [-0.2, -0.15) is 0 Å². The molecule has 0 radical (unpaired) electrons. The summed E-state index contributed by atoms with van der Waals surface area (Å²) in [5.74, 6) is 3.52. The molecule has 9 rings (SSSR count). The molecule has 0 unspecified atom stereocenters. The van der Waals surface area contributed by atoms with E-state index in [1.54, 1.807) is 0 Å². The normalized spacial score (nSPS) is 12.0. The third-order valence-electron chi connectivity index (χ3n) is 11.8. The summed E-state index contributed by atoms with van der Waals surface area (Å²) in [5, 5.41) is 4.00. The van der Waals surface area contributed by atoms with Crippen LogP contribution in [0.1, 0.15) is 110 Å². The minimum Gasteiger partial charge on any atom is -0.324 e. The molecule has 0 saturated carbocycles. The molecule has 0 aliphatic carbocycles. The number of aromatic nitrogens is 8. The lowest BCUT2D eigenvalue weighted by atomic mass is 10.0. The zero-order valence-electron chi connectivity index (χ0n) is 34.3. The standard InChI is InChI=1S/C50H54N8S/c1-2-3-4-5-6-7-8-9-10-11-12-13-14-15-16-23-33-59-41-32-24-31-40-42(41)50-57-48-39-30-22-21-29-38(39)46(55-48)53-44-35-26-18-17-25-34(35)43(51-44)52-45-36-27-19-20-28-37(36)47(54-45)56-49(40)58-50/h17-22,24-32H,2-16,23,33H2,1H3,(H2,51,52,53,54,55,56,57,58). The highest BCUT2D eigenvalue weighted by molar-refractivity contribution is 7.99. The van der Waals surface area contributed by atoms with Crippen LogP contribution in [0.15, 0.2) is 95.9 Å². The van der Waals surface area contributed by atoms with Crippen LogP contribution in [0.2, 0.25) is 0 Å². The van der Waals surface area contributed by atoms with Crippen molar-refractivity contribution in [2.75, 3.05) is 5.75 Å². The van der Waals surface area contributed by atoms with Crippen molar-refractivity contribution in [2.45, 2.75) is 115 Å². The quantitative estimate of drug-likeness (QED) is 0.0657. The summed E-state index contributed by atoms with van der Waals surface area (Å²) < 4.78 is 0. The Labute approximate surface area is 351 Å². The van der Waals surface area contributed by atoms with Crippen molar-refractivity contribution in [1.82, 2.24) is 39.9 Å². The zero-order chi connectivity index (χ0) is 39.8. The van der Waals surface area contributed by atoms with Gasteiger partial charge < -0.3 is 9.97 Å². The molecular formula is C50H54N8S. The number of hydrogen-bond acceptors (Lipinski definition) is 7. The highest BCUT2D eigenvalue weighted by atomic mass is 32.2. The summed E-state index contributed by atoms with van der Waals surface area (Å²) >= 11 is 1.91. The molecule has 7 aromatic rings. The van der Waals surface area contributed by atoms with Gasteiger partial charge in [-0.25, -0.2) is 29.9 Å². The third kappa shape index (κ3) is 8.67. The fourth-order valence-corrected chi connectivity index (χ4v) is 9.70. The lowest BCUT2D eigenvalue weighted by molar-refractivity contribution is 0.532. The maximum atomic E-state index is 5.29. The summed E-state index contributed by atoms with van der Waals surface area (Å²) in [6.07, 6.45) is 22.0. The van der Waals surface area contributed by atoms with Gasteiger partial charge in [0.15, 0.2) is 23.3 Å². The van der Waals surface area contributed by atoms with Gasteiger partial charge >= 0.3 is 0 Å². The SMILES string of the molecule is CCCCCCCCCCCCCCCCCCSc1cccc2c3nc4nc(nc5[nH]c(nc6nc(nc([nH]3)c12)-c1ccccc1-6)c1ccccc51)-c1ccccc1-4. The van der Waals surface area contributed by atoms with E-state index in [-0.39, 0.29) is 0 Å². The molecule has 300 valence electrons. The van der Waals surface area contributed by atoms with Crippen molar-refractivity contribution in [3.05, 3.63) is 91.0 Å². The van der Waals surface area contributed by atoms with Crippen LogP contribution in [0.5, 0.6) is 0 Å². The van der Waals surface area contributed by atoms with Crippen LogP contribution >= 0.6 is 11.8 Å². The molecule has 8 nitrogen and oxygen atoms in total. The smallest absolute Gasteiger partial charge is 0.164 e. The Kier molecular flexibility index (Phi) is 12.4. The lowest BCUT2D eigenvalue weighted by Crippen LogP contribution is -1.86. The first-order valence-electron chi connectivity index (χ1n) is 22.1. The molecule has 0 spiro atoms. The van der Waals surface area contributed by atoms with Crippen LogP contribution in [0, 0.1) is 0 Å². The fourth-order valence-electron chi connectivity index (χ4n) is 8.61. The van der Waals surface area contributed by atoms with E-state index in [0.717, 1.165) is 60.8 Å². The zero-order valence-corrected chi connectivity index (χ0v) is 35.1. The first-order chi connectivity index (χ1) is 29.2. The fraction of sp³-hybridized carbons (Fsp3) is 0.360. The van der Waals surface area contributed by atoms with E-state index in [1.165, 1.54) is 108 Å². The number of unbranched alkanes of at least 4 members (excludes halogenated alkanes) is 15. The monoisotopic (exact) mass is 798 g/mol. The van der Waals surface area contributed by atoms with Gasteiger partial charge in [0.25, 0.3) is 0 Å². The number of aromatic amines is 2. The maximum Gasteiger partial charge on any atom is 0.164 e. The molecule has 2 N–H and O–H groups in total. The molecule has 2 aliphatic heterocycles. The van der Waals surface area contributed by atoms with Gasteiger partial charge in [-0.05, 0) is 18.2 Å². The molecule has 3 aromatic heterocycles. The van der Waals surface area contributed by atoms with Crippen LogP contribution in [0.3, 0.4) is 0 Å². The summed E-state index contributed by atoms with van der Waals surface area (Å²) in [6, 6.07) is 31.1. The largest absolute Gasteiger partial charge is 0.324 e. The van der Waals surface area contributed by atoms with Crippen molar-refractivity contribution >= 4 is 55.9 Å². The first kappa shape index (κ1) is 39.1. The summed E-state index contributed by atoms with van der Waals surface area (Å²) in [7, 11) is 0. The van der Waals surface area contributed by atoms with Gasteiger partial charge in [-0.1, -0.05) is 188 Å². The van der Waals surface area contributed by atoms with E-state index in [2.05, 4.69) is 71.5 Å². The van der Waals surface area contributed by atoms with E-state index in [4.69, 9.17) is 29.9 Å². The van der Waals surface area contributed by atoms with Gasteiger partial charge in [0.2, 0.25) is 0 Å². The number of nitrogens with one attached hydrogen (secondary N) is 2. The lowest BCUT2D eigenvalue weighted by Gasteiger charge is -2.05. The predicted molar refractivity (Wildman–Crippen MR) is 246 cm³/mol. The van der Waals surface area contributed by atoms with Crippen molar-refractivity contribution in [1.29, 1.82) is 0 Å². The van der Waals surface area contributed by atoms with Crippen molar-refractivity contribution in [2.24, 2.45) is 0 Å². The number of H-pyrrole nitrogens is 2. The number of thioether (sulfide) groups is 1. The van der Waals surface area contributed by atoms with Crippen molar-refractivity contribution in [3.8, 4) is 45.6 Å². The molecule has 5 heterocycles. The Morgan fingerprint density at radius 2 is 0.746 bits per heavy atom. The second-order valence-electron chi connectivity index (χ2n) is 16.1. The van der Waals surface area contributed by atoms with Gasteiger partial charge in [0, 0.05) is 48.7 Å².